The maximum Gasteiger partial charge on any atom is 0.137 e. The number of fused-ring (bicyclic) bond motifs is 3. The van der Waals surface area contributed by atoms with Crippen molar-refractivity contribution < 1.29 is 4.74 Å². The van der Waals surface area contributed by atoms with E-state index in [0.29, 0.717) is 0 Å². The molecule has 0 unspecified atom stereocenters. The third-order valence-electron chi connectivity index (χ3n) is 19.0. The van der Waals surface area contributed by atoms with Gasteiger partial charge in [0.25, 0.3) is 0 Å². The Balaban J connectivity index is 0.000000222. The summed E-state index contributed by atoms with van der Waals surface area (Å²) in [6.45, 7) is 25.1. The first-order valence-corrected chi connectivity index (χ1v) is 32.7. The van der Waals surface area contributed by atoms with Gasteiger partial charge < -0.3 is 26.4 Å². The summed E-state index contributed by atoms with van der Waals surface area (Å²) in [5, 5.41) is 13.8. The lowest BCUT2D eigenvalue weighted by Crippen LogP contribution is -2.25. The van der Waals surface area contributed by atoms with Crippen molar-refractivity contribution in [2.75, 3.05) is 21.7 Å². The molecule has 13 aromatic rings. The van der Waals surface area contributed by atoms with Crippen LogP contribution < -0.4 is 26.4 Å². The average molecular weight is 1230 g/mol. The van der Waals surface area contributed by atoms with Gasteiger partial charge in [-0.2, -0.15) is 0 Å². The fraction of sp³-hybridized carbons (Fsp3) is 0.184. The van der Waals surface area contributed by atoms with Crippen LogP contribution in [0.5, 0.6) is 11.5 Å². The van der Waals surface area contributed by atoms with Gasteiger partial charge in [-0.05, 0) is 122 Å². The van der Waals surface area contributed by atoms with Gasteiger partial charge in [-0.3, -0.25) is 4.57 Å². The largest absolute Gasteiger partial charge is 0.457 e. The minimum absolute atomic E-state index is 0.00759. The lowest BCUT2D eigenvalue weighted by atomic mass is 9.72. The molecule has 94 heavy (non-hydrogen) atoms. The Hall–Kier alpha value is -10.6. The Labute approximate surface area is 556 Å². The molecule has 0 saturated heterocycles. The number of nitrogen functional groups attached to an aromatic ring is 1. The highest BCUT2D eigenvalue weighted by Crippen LogP contribution is 2.48. The molecule has 13 rings (SSSR count). The molecule has 0 fully saturated rings. The number of nitrogens with two attached hydrogens (primary N) is 1. The van der Waals surface area contributed by atoms with Crippen molar-refractivity contribution >= 4 is 61.6 Å². The van der Waals surface area contributed by atoms with Gasteiger partial charge in [0.2, 0.25) is 0 Å². The number of para-hydroxylation sites is 7. The van der Waals surface area contributed by atoms with Gasteiger partial charge in [-0.1, -0.05) is 282 Å². The van der Waals surface area contributed by atoms with Crippen LogP contribution in [0.3, 0.4) is 0 Å². The molecule has 0 amide bonds. The van der Waals surface area contributed by atoms with Crippen LogP contribution in [-0.4, -0.2) is 9.55 Å². The molecule has 7 nitrogen and oxygen atoms in total. The van der Waals surface area contributed by atoms with Crippen LogP contribution >= 0.6 is 0 Å². The number of nitrogens with one attached hydrogen (secondary N) is 3. The molecule has 2 aromatic heterocycles. The number of pyridine rings is 1. The fourth-order valence-electron chi connectivity index (χ4n) is 13.3. The standard InChI is InChI=1S/C57H54N4O.C30H32N2/c1-55(2,3)41-34-35-58-53(36-41)61-51-31-17-14-26-45(51)46-33-32-44(38-52(46)61)62-43-25-18-24-42(37-43)59-49-29-15-16-30-50(49)60-54-47(56(4,5)39-20-10-8-11-21-39)27-19-28-48(54)57(6,7)40-22-12-9-13-23-40;1-29(2,22-14-7-5-8-15-22)24-18-13-19-25(30(3,4)23-16-9-6-10-17-23)28(24)32-27-21-12-11-20-26(27)31/h8-38,59-60H,1-7H3;5-21,32H,31H2,1-4H3. The topological polar surface area (TPSA) is 89.2 Å². The molecule has 7 heteroatoms. The van der Waals surface area contributed by atoms with Crippen molar-refractivity contribution in [3.05, 3.63) is 341 Å². The van der Waals surface area contributed by atoms with Gasteiger partial charge in [0.15, 0.2) is 0 Å². The normalized spacial score (nSPS) is 12.0. The van der Waals surface area contributed by atoms with Crippen LogP contribution in [0.1, 0.15) is 126 Å². The highest BCUT2D eigenvalue weighted by molar-refractivity contribution is 6.09. The lowest BCUT2D eigenvalue weighted by molar-refractivity contribution is 0.483. The monoisotopic (exact) mass is 1230 g/mol. The highest BCUT2D eigenvalue weighted by atomic mass is 16.5. The predicted octanol–water partition coefficient (Wildman–Crippen LogP) is 23.1. The van der Waals surface area contributed by atoms with Crippen LogP contribution in [0, 0.1) is 0 Å². The van der Waals surface area contributed by atoms with Gasteiger partial charge in [-0.15, -0.1) is 0 Å². The second-order valence-corrected chi connectivity index (χ2v) is 27.7. The number of aromatic nitrogens is 2. The number of hydrogen-bond acceptors (Lipinski definition) is 6. The molecule has 0 spiro atoms. The first-order valence-electron chi connectivity index (χ1n) is 32.7. The van der Waals surface area contributed by atoms with Gasteiger partial charge in [0.05, 0.1) is 33.8 Å². The van der Waals surface area contributed by atoms with E-state index < -0.39 is 0 Å². The minimum atomic E-state index is -0.287. The smallest absolute Gasteiger partial charge is 0.137 e. The third kappa shape index (κ3) is 13.0. The van der Waals surface area contributed by atoms with E-state index in [1.54, 1.807) is 0 Å². The van der Waals surface area contributed by atoms with E-state index >= 15 is 0 Å². The fourth-order valence-corrected chi connectivity index (χ4v) is 13.3. The molecule has 0 aliphatic carbocycles. The van der Waals surface area contributed by atoms with Gasteiger partial charge in [-0.25, -0.2) is 4.98 Å². The summed E-state index contributed by atoms with van der Waals surface area (Å²) in [4.78, 5) is 4.86. The summed E-state index contributed by atoms with van der Waals surface area (Å²) < 4.78 is 8.91. The van der Waals surface area contributed by atoms with Crippen LogP contribution in [0.15, 0.2) is 291 Å². The van der Waals surface area contributed by atoms with E-state index in [9.17, 15) is 0 Å². The van der Waals surface area contributed by atoms with Gasteiger partial charge >= 0.3 is 0 Å². The number of hydrogen-bond donors (Lipinski definition) is 4. The SMILES string of the molecule is CC(C)(C)c1ccnc(-n2c3ccccc3c3ccc(Oc4cccc(Nc5ccccc5Nc5c(C(C)(C)c6ccccc6)cccc5C(C)(C)c5ccccc5)c4)cc32)c1.CC(C)(c1ccccc1)c1cccc(C(C)(C)c2ccccc2)c1Nc1ccccc1N. The van der Waals surface area contributed by atoms with E-state index in [2.05, 4.69) is 345 Å². The van der Waals surface area contributed by atoms with Crippen molar-refractivity contribution in [2.24, 2.45) is 0 Å². The zero-order valence-corrected chi connectivity index (χ0v) is 56.1. The summed E-state index contributed by atoms with van der Waals surface area (Å²) in [6.07, 6.45) is 1.91. The summed E-state index contributed by atoms with van der Waals surface area (Å²) in [7, 11) is 0. The van der Waals surface area contributed by atoms with E-state index in [-0.39, 0.29) is 27.1 Å². The number of benzene rings is 11. The van der Waals surface area contributed by atoms with E-state index in [4.69, 9.17) is 15.5 Å². The summed E-state index contributed by atoms with van der Waals surface area (Å²) in [5.74, 6) is 2.37. The van der Waals surface area contributed by atoms with E-state index in [0.717, 1.165) is 73.5 Å². The molecule has 5 N–H and O–H groups in total. The maximum atomic E-state index is 6.66. The maximum absolute atomic E-state index is 6.66. The Morgan fingerprint density at radius 1 is 0.330 bits per heavy atom. The molecule has 0 atom stereocenters. The van der Waals surface area contributed by atoms with Crippen molar-refractivity contribution in [3.63, 3.8) is 0 Å². The Kier molecular flexibility index (Phi) is 17.7. The number of anilines is 7. The van der Waals surface area contributed by atoms with Crippen molar-refractivity contribution in [3.8, 4) is 17.3 Å². The minimum Gasteiger partial charge on any atom is -0.457 e. The van der Waals surface area contributed by atoms with E-state index in [1.807, 2.05) is 42.6 Å². The van der Waals surface area contributed by atoms with Crippen LogP contribution in [0.25, 0.3) is 27.6 Å². The molecule has 0 radical (unpaired) electrons. The predicted molar refractivity (Wildman–Crippen MR) is 398 cm³/mol. The molecule has 11 aromatic carbocycles. The number of nitrogens with zero attached hydrogens (tertiary/aromatic N) is 2. The zero-order valence-electron chi connectivity index (χ0n) is 56.1. The van der Waals surface area contributed by atoms with E-state index in [1.165, 1.54) is 55.5 Å². The van der Waals surface area contributed by atoms with Crippen molar-refractivity contribution in [2.45, 2.75) is 103 Å². The van der Waals surface area contributed by atoms with Crippen LogP contribution in [0.2, 0.25) is 0 Å². The Morgan fingerprint density at radius 2 is 0.734 bits per heavy atom. The molecule has 2 heterocycles. The Morgan fingerprint density at radius 3 is 1.22 bits per heavy atom. The summed E-state index contributed by atoms with van der Waals surface area (Å²) in [6, 6.07) is 100. The van der Waals surface area contributed by atoms with Gasteiger partial charge in [0, 0.05) is 67.8 Å². The highest BCUT2D eigenvalue weighted by Gasteiger charge is 2.35. The first-order chi connectivity index (χ1) is 45.2. The second kappa shape index (κ2) is 26.2. The quantitative estimate of drug-likeness (QED) is 0.0680. The van der Waals surface area contributed by atoms with Gasteiger partial charge in [0.1, 0.15) is 17.3 Å². The molecule has 470 valence electrons. The molecular weight excluding hydrogens is 1140 g/mol. The molecule has 0 saturated carbocycles. The first kappa shape index (κ1) is 63.5. The molecular formula is C87H86N6O. The third-order valence-corrected chi connectivity index (χ3v) is 19.0. The van der Waals surface area contributed by atoms with Crippen molar-refractivity contribution in [1.29, 1.82) is 0 Å². The summed E-state index contributed by atoms with van der Waals surface area (Å²) in [5.41, 5.74) is 25.5. The molecule has 0 aliphatic rings. The summed E-state index contributed by atoms with van der Waals surface area (Å²) >= 11 is 0. The van der Waals surface area contributed by atoms with Crippen LogP contribution in [0.4, 0.5) is 39.8 Å². The molecule has 0 bridgehead atoms. The van der Waals surface area contributed by atoms with Crippen LogP contribution in [-0.2, 0) is 27.1 Å². The average Bonchev–Trinajstić information content (AvgIpc) is 1.66. The number of rotatable bonds is 17. The van der Waals surface area contributed by atoms with Crippen molar-refractivity contribution in [1.82, 2.24) is 9.55 Å². The number of ether oxygens (including phenoxy) is 1. The second-order valence-electron chi connectivity index (χ2n) is 27.7. The lowest BCUT2D eigenvalue weighted by Gasteiger charge is -2.35. The molecule has 0 aliphatic heterocycles. The Bertz CT molecular complexity index is 4630. The zero-order chi connectivity index (χ0) is 65.8.